The molecular formula is C23H33NO. The molecule has 0 aliphatic rings. The van der Waals surface area contributed by atoms with Gasteiger partial charge in [0, 0.05) is 18.2 Å². The van der Waals surface area contributed by atoms with Gasteiger partial charge in [-0.3, -0.25) is 0 Å². The van der Waals surface area contributed by atoms with Crippen molar-refractivity contribution < 1.29 is 4.74 Å². The van der Waals surface area contributed by atoms with Gasteiger partial charge in [-0.15, -0.1) is 0 Å². The molecule has 0 saturated heterocycles. The predicted molar refractivity (Wildman–Crippen MR) is 107 cm³/mol. The van der Waals surface area contributed by atoms with Crippen LogP contribution in [0, 0.1) is 0 Å². The molecule has 0 fully saturated rings. The first-order chi connectivity index (χ1) is 11.9. The first-order valence-corrected chi connectivity index (χ1v) is 9.46. The first-order valence-electron chi connectivity index (χ1n) is 9.46. The molecule has 2 rings (SSSR count). The number of nitrogens with one attached hydrogen (secondary N) is 1. The average molecular weight is 340 g/mol. The number of hydrogen-bond donors (Lipinski definition) is 1. The molecule has 1 unspecified atom stereocenters. The topological polar surface area (TPSA) is 21.3 Å². The quantitative estimate of drug-likeness (QED) is 0.594. The van der Waals surface area contributed by atoms with E-state index in [1.807, 2.05) is 6.07 Å². The monoisotopic (exact) mass is 339 g/mol. The van der Waals surface area contributed by atoms with Crippen LogP contribution in [0.4, 0.5) is 0 Å². The van der Waals surface area contributed by atoms with E-state index in [1.54, 1.807) is 0 Å². The van der Waals surface area contributed by atoms with Gasteiger partial charge >= 0.3 is 0 Å². The molecule has 0 bridgehead atoms. The third-order valence-corrected chi connectivity index (χ3v) is 4.57. The second-order valence-electron chi connectivity index (χ2n) is 7.79. The summed E-state index contributed by atoms with van der Waals surface area (Å²) in [6, 6.07) is 17.5. The Balaban J connectivity index is 1.97. The van der Waals surface area contributed by atoms with Crippen molar-refractivity contribution in [2.45, 2.75) is 65.5 Å². The van der Waals surface area contributed by atoms with Gasteiger partial charge < -0.3 is 10.1 Å². The predicted octanol–water partition coefficient (Wildman–Crippen LogP) is 6.01. The smallest absolute Gasteiger partial charge is 0.124 e. The fourth-order valence-electron chi connectivity index (χ4n) is 2.80. The largest absolute Gasteiger partial charge is 0.493 e. The molecule has 1 atom stereocenters. The Morgan fingerprint density at radius 3 is 2.32 bits per heavy atom. The summed E-state index contributed by atoms with van der Waals surface area (Å²) >= 11 is 0. The Labute approximate surface area is 153 Å². The van der Waals surface area contributed by atoms with Crippen LogP contribution >= 0.6 is 0 Å². The van der Waals surface area contributed by atoms with Crippen molar-refractivity contribution in [1.82, 2.24) is 5.32 Å². The highest BCUT2D eigenvalue weighted by atomic mass is 16.5. The minimum atomic E-state index is 0.202. The molecule has 2 heteroatoms. The average Bonchev–Trinajstić information content (AvgIpc) is 2.60. The van der Waals surface area contributed by atoms with Crippen molar-refractivity contribution in [3.63, 3.8) is 0 Å². The highest BCUT2D eigenvalue weighted by Gasteiger charge is 2.14. The summed E-state index contributed by atoms with van der Waals surface area (Å²) in [5.41, 5.74) is 4.11. The minimum absolute atomic E-state index is 0.202. The molecule has 136 valence electrons. The fourth-order valence-corrected chi connectivity index (χ4v) is 2.80. The molecule has 2 aromatic carbocycles. The number of benzene rings is 2. The zero-order valence-corrected chi connectivity index (χ0v) is 16.4. The van der Waals surface area contributed by atoms with Crippen molar-refractivity contribution >= 4 is 0 Å². The summed E-state index contributed by atoms with van der Waals surface area (Å²) in [6.07, 6.45) is 2.25. The van der Waals surface area contributed by atoms with Gasteiger partial charge in [0.15, 0.2) is 0 Å². The number of para-hydroxylation sites is 1. The molecule has 25 heavy (non-hydrogen) atoms. The molecule has 0 amide bonds. The molecule has 0 spiro atoms. The molecule has 0 heterocycles. The highest BCUT2D eigenvalue weighted by Crippen LogP contribution is 2.26. The van der Waals surface area contributed by atoms with E-state index in [9.17, 15) is 0 Å². The van der Waals surface area contributed by atoms with Crippen LogP contribution in [-0.2, 0) is 12.0 Å². The number of hydrogen-bond acceptors (Lipinski definition) is 2. The Kier molecular flexibility index (Phi) is 7.07. The van der Waals surface area contributed by atoms with E-state index >= 15 is 0 Å². The fraction of sp³-hybridized carbons (Fsp3) is 0.478. The summed E-state index contributed by atoms with van der Waals surface area (Å²) in [4.78, 5) is 0. The van der Waals surface area contributed by atoms with Gasteiger partial charge in [0.1, 0.15) is 5.75 Å². The van der Waals surface area contributed by atoms with Gasteiger partial charge in [-0.1, -0.05) is 76.6 Å². The van der Waals surface area contributed by atoms with E-state index in [-0.39, 0.29) is 11.5 Å². The molecule has 0 aliphatic carbocycles. The van der Waals surface area contributed by atoms with E-state index in [1.165, 1.54) is 16.7 Å². The summed E-state index contributed by atoms with van der Waals surface area (Å²) in [6.45, 7) is 12.8. The molecule has 2 nitrogen and oxygen atoms in total. The Morgan fingerprint density at radius 2 is 1.68 bits per heavy atom. The Hall–Kier alpha value is -1.80. The van der Waals surface area contributed by atoms with E-state index < -0.39 is 0 Å². The minimum Gasteiger partial charge on any atom is -0.493 e. The first kappa shape index (κ1) is 19.5. The van der Waals surface area contributed by atoms with E-state index in [2.05, 4.69) is 82.4 Å². The van der Waals surface area contributed by atoms with Crippen LogP contribution in [0.15, 0.2) is 48.5 Å². The van der Waals surface area contributed by atoms with Gasteiger partial charge in [0.25, 0.3) is 0 Å². The number of ether oxygens (including phenoxy) is 1. The molecule has 0 saturated carbocycles. The van der Waals surface area contributed by atoms with Crippen LogP contribution < -0.4 is 10.1 Å². The molecule has 2 aromatic rings. The SMILES string of the molecule is CCCCOc1ccccc1C(C)NCc1ccc(C(C)(C)C)cc1. The van der Waals surface area contributed by atoms with Crippen LogP contribution in [-0.4, -0.2) is 6.61 Å². The third-order valence-electron chi connectivity index (χ3n) is 4.57. The standard InChI is InChI=1S/C23H33NO/c1-6-7-16-25-22-11-9-8-10-21(22)18(2)24-17-19-12-14-20(15-13-19)23(3,4)5/h8-15,18,24H,6-7,16-17H2,1-5H3. The lowest BCUT2D eigenvalue weighted by Crippen LogP contribution is -2.19. The molecule has 0 aromatic heterocycles. The summed E-state index contributed by atoms with van der Waals surface area (Å²) < 4.78 is 5.96. The van der Waals surface area contributed by atoms with Crippen LogP contribution in [0.1, 0.15) is 70.2 Å². The summed E-state index contributed by atoms with van der Waals surface area (Å²) in [5, 5.41) is 3.62. The normalized spacial score (nSPS) is 12.8. The second kappa shape index (κ2) is 9.05. The van der Waals surface area contributed by atoms with Crippen molar-refractivity contribution in [3.8, 4) is 5.75 Å². The molecular weight excluding hydrogens is 306 g/mol. The number of unbranched alkanes of at least 4 members (excludes halogenated alkanes) is 1. The van der Waals surface area contributed by atoms with E-state index in [0.29, 0.717) is 0 Å². The summed E-state index contributed by atoms with van der Waals surface area (Å²) in [7, 11) is 0. The van der Waals surface area contributed by atoms with Gasteiger partial charge in [-0.2, -0.15) is 0 Å². The van der Waals surface area contributed by atoms with Crippen molar-refractivity contribution in [1.29, 1.82) is 0 Å². The molecule has 1 N–H and O–H groups in total. The second-order valence-corrected chi connectivity index (χ2v) is 7.79. The zero-order valence-electron chi connectivity index (χ0n) is 16.4. The lowest BCUT2D eigenvalue weighted by Gasteiger charge is -2.20. The van der Waals surface area contributed by atoms with Gasteiger partial charge in [0.2, 0.25) is 0 Å². The molecule has 0 aliphatic heterocycles. The van der Waals surface area contributed by atoms with Crippen LogP contribution in [0.3, 0.4) is 0 Å². The van der Waals surface area contributed by atoms with Crippen molar-refractivity contribution in [3.05, 3.63) is 65.2 Å². The maximum Gasteiger partial charge on any atom is 0.124 e. The van der Waals surface area contributed by atoms with Gasteiger partial charge in [-0.25, -0.2) is 0 Å². The third kappa shape index (κ3) is 5.89. The maximum absolute atomic E-state index is 5.96. The van der Waals surface area contributed by atoms with Crippen molar-refractivity contribution in [2.75, 3.05) is 6.61 Å². The van der Waals surface area contributed by atoms with Crippen LogP contribution in [0.5, 0.6) is 5.75 Å². The highest BCUT2D eigenvalue weighted by molar-refractivity contribution is 5.36. The van der Waals surface area contributed by atoms with Gasteiger partial charge in [-0.05, 0) is 36.0 Å². The van der Waals surface area contributed by atoms with Crippen LogP contribution in [0.2, 0.25) is 0 Å². The van der Waals surface area contributed by atoms with E-state index in [0.717, 1.165) is 31.7 Å². The zero-order chi connectivity index (χ0) is 18.3. The lowest BCUT2D eigenvalue weighted by atomic mass is 9.87. The lowest BCUT2D eigenvalue weighted by molar-refractivity contribution is 0.303. The Bertz CT molecular complexity index is 640. The summed E-state index contributed by atoms with van der Waals surface area (Å²) in [5.74, 6) is 0.999. The number of rotatable bonds is 8. The maximum atomic E-state index is 5.96. The Morgan fingerprint density at radius 1 is 1.00 bits per heavy atom. The van der Waals surface area contributed by atoms with Gasteiger partial charge in [0.05, 0.1) is 6.61 Å². The van der Waals surface area contributed by atoms with Crippen molar-refractivity contribution in [2.24, 2.45) is 0 Å². The van der Waals surface area contributed by atoms with Crippen LogP contribution in [0.25, 0.3) is 0 Å². The van der Waals surface area contributed by atoms with E-state index in [4.69, 9.17) is 4.74 Å². The molecule has 0 radical (unpaired) electrons.